The Morgan fingerprint density at radius 2 is 1.95 bits per heavy atom. The maximum Gasteiger partial charge on any atom is 0.416 e. The van der Waals surface area contributed by atoms with E-state index in [9.17, 15) is 21.6 Å². The van der Waals surface area contributed by atoms with Gasteiger partial charge in [0.25, 0.3) is 15.9 Å². The standard InChI is InChI=1S/C13H15F3N2O3S/c1-9-17(2)11-5-4-10(13(14,15)16)8-12(11)18(9)6-3-7-22(19,20)21/h4-5,8H,3,6-7H2,1-2H3/p+1. The molecule has 0 atom stereocenters. The van der Waals surface area contributed by atoms with Crippen molar-refractivity contribution in [2.24, 2.45) is 7.05 Å². The van der Waals surface area contributed by atoms with Crippen molar-refractivity contribution in [3.63, 3.8) is 0 Å². The van der Waals surface area contributed by atoms with Gasteiger partial charge in [-0.15, -0.1) is 0 Å². The van der Waals surface area contributed by atoms with Crippen molar-refractivity contribution in [2.45, 2.75) is 26.1 Å². The van der Waals surface area contributed by atoms with Crippen LogP contribution in [0.1, 0.15) is 17.8 Å². The predicted octanol–water partition coefficient (Wildman–Crippen LogP) is 2.07. The van der Waals surface area contributed by atoms with E-state index >= 15 is 0 Å². The molecule has 1 aromatic heterocycles. The fourth-order valence-electron chi connectivity index (χ4n) is 2.42. The fourth-order valence-corrected chi connectivity index (χ4v) is 2.91. The molecule has 0 unspecified atom stereocenters. The highest BCUT2D eigenvalue weighted by Gasteiger charge is 2.32. The zero-order valence-electron chi connectivity index (χ0n) is 12.1. The number of halogens is 3. The molecule has 122 valence electrons. The molecule has 9 heteroatoms. The summed E-state index contributed by atoms with van der Waals surface area (Å²) in [5, 5.41) is 0. The van der Waals surface area contributed by atoms with E-state index in [1.54, 1.807) is 23.1 Å². The van der Waals surface area contributed by atoms with Gasteiger partial charge in [-0.2, -0.15) is 21.6 Å². The van der Waals surface area contributed by atoms with Crippen molar-refractivity contribution in [3.05, 3.63) is 29.6 Å². The van der Waals surface area contributed by atoms with E-state index in [2.05, 4.69) is 0 Å². The van der Waals surface area contributed by atoms with Crippen molar-refractivity contribution < 1.29 is 30.7 Å². The van der Waals surface area contributed by atoms with Gasteiger partial charge in [-0.1, -0.05) is 0 Å². The van der Waals surface area contributed by atoms with Crippen LogP contribution in [0.4, 0.5) is 13.2 Å². The summed E-state index contributed by atoms with van der Waals surface area (Å²) >= 11 is 0. The minimum atomic E-state index is -4.44. The summed E-state index contributed by atoms with van der Waals surface area (Å²) in [4.78, 5) is 0. The van der Waals surface area contributed by atoms with Gasteiger partial charge in [0.1, 0.15) is 0 Å². The third-order valence-electron chi connectivity index (χ3n) is 3.61. The molecule has 0 aliphatic rings. The zero-order valence-corrected chi connectivity index (χ0v) is 12.9. The molecule has 0 saturated heterocycles. The van der Waals surface area contributed by atoms with E-state index in [0.717, 1.165) is 12.1 Å². The number of nitrogens with zero attached hydrogens (tertiary/aromatic N) is 2. The number of hydrogen-bond donors (Lipinski definition) is 1. The summed E-state index contributed by atoms with van der Waals surface area (Å²) in [6.07, 6.45) is -4.33. The lowest BCUT2D eigenvalue weighted by molar-refractivity contribution is -0.652. The van der Waals surface area contributed by atoms with Crippen molar-refractivity contribution in [1.82, 2.24) is 4.57 Å². The van der Waals surface area contributed by atoms with Gasteiger partial charge in [0.05, 0.1) is 24.9 Å². The molecule has 1 N–H and O–H groups in total. The van der Waals surface area contributed by atoms with Crippen LogP contribution in [-0.2, 0) is 29.9 Å². The molecule has 0 saturated carbocycles. The van der Waals surface area contributed by atoms with Crippen LogP contribution in [0, 0.1) is 6.92 Å². The summed E-state index contributed by atoms with van der Waals surface area (Å²) in [6, 6.07) is 3.46. The van der Waals surface area contributed by atoms with Crippen LogP contribution in [0.15, 0.2) is 18.2 Å². The smallest absolute Gasteiger partial charge is 0.286 e. The summed E-state index contributed by atoms with van der Waals surface area (Å²) in [5.41, 5.74) is 0.247. The van der Waals surface area contributed by atoms with Gasteiger partial charge in [0.15, 0.2) is 11.0 Å². The summed E-state index contributed by atoms with van der Waals surface area (Å²) < 4.78 is 72.1. The van der Waals surface area contributed by atoms with E-state index in [-0.39, 0.29) is 13.0 Å². The summed E-state index contributed by atoms with van der Waals surface area (Å²) in [7, 11) is -2.36. The highest BCUT2D eigenvalue weighted by Crippen LogP contribution is 2.31. The maximum atomic E-state index is 12.8. The number of alkyl halides is 3. The second kappa shape index (κ2) is 5.54. The van der Waals surface area contributed by atoms with E-state index in [4.69, 9.17) is 4.55 Å². The zero-order chi connectivity index (χ0) is 16.7. The van der Waals surface area contributed by atoms with Gasteiger partial charge in [-0.25, -0.2) is 9.13 Å². The van der Waals surface area contributed by atoms with Crippen LogP contribution < -0.4 is 4.57 Å². The molecule has 0 bridgehead atoms. The van der Waals surface area contributed by atoms with Gasteiger partial charge >= 0.3 is 6.18 Å². The number of imidazole rings is 1. The van der Waals surface area contributed by atoms with Crippen LogP contribution in [0.3, 0.4) is 0 Å². The fraction of sp³-hybridized carbons (Fsp3) is 0.462. The van der Waals surface area contributed by atoms with Crippen LogP contribution in [0.25, 0.3) is 11.0 Å². The first-order valence-electron chi connectivity index (χ1n) is 6.52. The van der Waals surface area contributed by atoms with Crippen LogP contribution >= 0.6 is 0 Å². The molecule has 22 heavy (non-hydrogen) atoms. The SMILES string of the molecule is Cc1n(CCCS(=O)(=O)O)c2cc(C(F)(F)F)ccc2[n+]1C. The van der Waals surface area contributed by atoms with E-state index in [0.29, 0.717) is 16.9 Å². The first-order chi connectivity index (χ1) is 10.0. The van der Waals surface area contributed by atoms with Crippen molar-refractivity contribution >= 4 is 21.2 Å². The van der Waals surface area contributed by atoms with Crippen molar-refractivity contribution in [3.8, 4) is 0 Å². The largest absolute Gasteiger partial charge is 0.416 e. The van der Waals surface area contributed by atoms with Gasteiger partial charge in [0, 0.05) is 19.4 Å². The Balaban J connectivity index is 2.45. The molecule has 0 radical (unpaired) electrons. The van der Waals surface area contributed by atoms with Crippen LogP contribution in [-0.4, -0.2) is 23.3 Å². The Morgan fingerprint density at radius 1 is 1.32 bits per heavy atom. The molecule has 0 aliphatic heterocycles. The quantitative estimate of drug-likeness (QED) is 0.686. The van der Waals surface area contributed by atoms with E-state index in [1.807, 2.05) is 0 Å². The Hall–Kier alpha value is -1.61. The molecule has 1 heterocycles. The highest BCUT2D eigenvalue weighted by atomic mass is 32.2. The number of rotatable bonds is 4. The topological polar surface area (TPSA) is 63.2 Å². The van der Waals surface area contributed by atoms with E-state index in [1.165, 1.54) is 6.07 Å². The van der Waals surface area contributed by atoms with E-state index < -0.39 is 27.6 Å². The molecule has 0 spiro atoms. The van der Waals surface area contributed by atoms with Gasteiger partial charge in [0.2, 0.25) is 0 Å². The first kappa shape index (κ1) is 16.8. The lowest BCUT2D eigenvalue weighted by Gasteiger charge is -2.05. The predicted molar refractivity (Wildman–Crippen MR) is 73.9 cm³/mol. The molecule has 2 aromatic rings. The third-order valence-corrected chi connectivity index (χ3v) is 4.42. The minimum absolute atomic E-state index is 0.111. The van der Waals surface area contributed by atoms with Crippen molar-refractivity contribution in [2.75, 3.05) is 5.75 Å². The maximum absolute atomic E-state index is 12.8. The number of aromatic nitrogens is 2. The highest BCUT2D eigenvalue weighted by molar-refractivity contribution is 7.85. The minimum Gasteiger partial charge on any atom is -0.286 e. The van der Waals surface area contributed by atoms with Crippen LogP contribution in [0.2, 0.25) is 0 Å². The Kier molecular flexibility index (Phi) is 4.22. The second-order valence-corrected chi connectivity index (χ2v) is 6.67. The Morgan fingerprint density at radius 3 is 2.50 bits per heavy atom. The van der Waals surface area contributed by atoms with Crippen LogP contribution in [0.5, 0.6) is 0 Å². The first-order valence-corrected chi connectivity index (χ1v) is 8.13. The normalized spacial score (nSPS) is 13.0. The molecule has 0 amide bonds. The molecule has 5 nitrogen and oxygen atoms in total. The lowest BCUT2D eigenvalue weighted by Crippen LogP contribution is -2.31. The van der Waals surface area contributed by atoms with Gasteiger partial charge in [-0.05, 0) is 12.1 Å². The average Bonchev–Trinajstić information content (AvgIpc) is 2.61. The number of benzene rings is 1. The van der Waals surface area contributed by atoms with Gasteiger partial charge < -0.3 is 0 Å². The number of hydrogen-bond acceptors (Lipinski definition) is 2. The second-order valence-electron chi connectivity index (χ2n) is 5.10. The Labute approximate surface area is 125 Å². The molecule has 0 aliphatic carbocycles. The third kappa shape index (κ3) is 3.41. The molecule has 2 rings (SSSR count). The number of aryl methyl sites for hydroxylation is 2. The Bertz CT molecular complexity index is 810. The van der Waals surface area contributed by atoms with Gasteiger partial charge in [-0.3, -0.25) is 4.55 Å². The average molecular weight is 337 g/mol. The molecular weight excluding hydrogens is 321 g/mol. The molecule has 0 fully saturated rings. The lowest BCUT2D eigenvalue weighted by atomic mass is 10.2. The number of fused-ring (bicyclic) bond motifs is 1. The summed E-state index contributed by atoms with van der Waals surface area (Å²) in [5.74, 6) is 0.263. The molecular formula is C13H16F3N2O3S+. The monoisotopic (exact) mass is 337 g/mol. The van der Waals surface area contributed by atoms with Crippen molar-refractivity contribution in [1.29, 1.82) is 0 Å². The summed E-state index contributed by atoms with van der Waals surface area (Å²) in [6.45, 7) is 1.94. The molecule has 1 aromatic carbocycles.